The Balaban J connectivity index is 1.39. The van der Waals surface area contributed by atoms with E-state index in [9.17, 15) is 27.9 Å². The minimum absolute atomic E-state index is 0.0983. The van der Waals surface area contributed by atoms with Crippen LogP contribution in [0.15, 0.2) is 53.3 Å². The standard InChI is InChI=1S/C25H21ClF3N3O3/c26-17-11-14(10-16(12-17)25(27,28)29)20(33)22(35)32-9-6-19-18(13-32)21(34)31-23(30-19)24(7-8-24)15-4-2-1-3-5-15/h1-5,10-12,20,33H,6-9,13H2,(H,30,31,34). The maximum atomic E-state index is 13.1. The average Bonchev–Trinajstić information content (AvgIpc) is 3.65. The highest BCUT2D eigenvalue weighted by atomic mass is 35.5. The first-order chi connectivity index (χ1) is 16.6. The number of alkyl halides is 3. The van der Waals surface area contributed by atoms with E-state index in [1.54, 1.807) is 0 Å². The lowest BCUT2D eigenvalue weighted by Crippen LogP contribution is -2.42. The Hall–Kier alpha value is -3.17. The average molecular weight is 504 g/mol. The lowest BCUT2D eigenvalue weighted by molar-refractivity contribution is -0.142. The smallest absolute Gasteiger partial charge is 0.378 e. The van der Waals surface area contributed by atoms with Crippen LogP contribution in [0.25, 0.3) is 0 Å². The highest BCUT2D eigenvalue weighted by Crippen LogP contribution is 2.52. The van der Waals surface area contributed by atoms with E-state index in [0.29, 0.717) is 29.6 Å². The van der Waals surface area contributed by atoms with Gasteiger partial charge in [0, 0.05) is 18.0 Å². The molecule has 1 atom stereocenters. The molecule has 10 heteroatoms. The fourth-order valence-electron chi connectivity index (χ4n) is 4.63. The molecule has 0 spiro atoms. The predicted octanol–water partition coefficient (Wildman–Crippen LogP) is 4.14. The number of aliphatic hydroxyl groups excluding tert-OH is 1. The quantitative estimate of drug-likeness (QED) is 0.560. The molecule has 1 unspecified atom stereocenters. The third kappa shape index (κ3) is 4.34. The van der Waals surface area contributed by atoms with Gasteiger partial charge in [-0.05, 0) is 42.2 Å². The molecule has 0 bridgehead atoms. The fourth-order valence-corrected chi connectivity index (χ4v) is 4.88. The van der Waals surface area contributed by atoms with Crippen molar-refractivity contribution in [3.05, 3.63) is 97.7 Å². The summed E-state index contributed by atoms with van der Waals surface area (Å²) >= 11 is 5.79. The van der Waals surface area contributed by atoms with Crippen molar-refractivity contribution in [1.29, 1.82) is 0 Å². The molecular formula is C25H21ClF3N3O3. The van der Waals surface area contributed by atoms with E-state index in [1.807, 2.05) is 30.3 Å². The number of aliphatic hydroxyl groups is 1. The van der Waals surface area contributed by atoms with E-state index in [1.165, 1.54) is 4.90 Å². The lowest BCUT2D eigenvalue weighted by Gasteiger charge is -2.30. The van der Waals surface area contributed by atoms with E-state index in [-0.39, 0.29) is 34.6 Å². The number of aromatic amines is 1. The molecule has 2 heterocycles. The predicted molar refractivity (Wildman–Crippen MR) is 122 cm³/mol. The number of carbonyl (C=O) groups excluding carboxylic acids is 1. The largest absolute Gasteiger partial charge is 0.416 e. The molecule has 1 saturated carbocycles. The highest BCUT2D eigenvalue weighted by Gasteiger charge is 2.48. The first kappa shape index (κ1) is 23.6. The number of aromatic nitrogens is 2. The molecule has 35 heavy (non-hydrogen) atoms. The van der Waals surface area contributed by atoms with E-state index < -0.39 is 23.8 Å². The van der Waals surface area contributed by atoms with E-state index >= 15 is 0 Å². The molecule has 2 aliphatic rings. The molecule has 2 N–H and O–H groups in total. The zero-order chi connectivity index (χ0) is 25.0. The Labute approximate surface area is 203 Å². The molecular weight excluding hydrogens is 483 g/mol. The minimum Gasteiger partial charge on any atom is -0.378 e. The van der Waals surface area contributed by atoms with Crippen molar-refractivity contribution < 1.29 is 23.1 Å². The van der Waals surface area contributed by atoms with Crippen LogP contribution in [-0.2, 0) is 29.4 Å². The van der Waals surface area contributed by atoms with Crippen molar-refractivity contribution in [3.63, 3.8) is 0 Å². The molecule has 3 aromatic rings. The number of H-pyrrole nitrogens is 1. The van der Waals surface area contributed by atoms with Crippen molar-refractivity contribution in [3.8, 4) is 0 Å². The molecule has 1 amide bonds. The molecule has 1 fully saturated rings. The van der Waals surface area contributed by atoms with Crippen LogP contribution in [0.2, 0.25) is 5.02 Å². The zero-order valence-corrected chi connectivity index (χ0v) is 19.2. The Kier molecular flexibility index (Phi) is 5.72. The second-order valence-corrected chi connectivity index (χ2v) is 9.41. The topological polar surface area (TPSA) is 86.3 Å². The zero-order valence-electron chi connectivity index (χ0n) is 18.4. The Bertz CT molecular complexity index is 1350. The summed E-state index contributed by atoms with van der Waals surface area (Å²) in [5, 5.41) is 10.3. The Morgan fingerprint density at radius 1 is 1.17 bits per heavy atom. The van der Waals surface area contributed by atoms with Crippen LogP contribution in [0.4, 0.5) is 13.2 Å². The van der Waals surface area contributed by atoms with Crippen LogP contribution in [0.1, 0.15) is 52.7 Å². The number of hydrogen-bond donors (Lipinski definition) is 2. The Morgan fingerprint density at radius 2 is 1.89 bits per heavy atom. The van der Waals surface area contributed by atoms with Crippen LogP contribution in [0, 0.1) is 0 Å². The van der Waals surface area contributed by atoms with Crippen molar-refractivity contribution >= 4 is 17.5 Å². The first-order valence-electron chi connectivity index (χ1n) is 11.1. The van der Waals surface area contributed by atoms with Crippen LogP contribution >= 0.6 is 11.6 Å². The van der Waals surface area contributed by atoms with Gasteiger partial charge in [-0.1, -0.05) is 41.9 Å². The van der Waals surface area contributed by atoms with Gasteiger partial charge in [0.25, 0.3) is 11.5 Å². The normalized spacial score (nSPS) is 17.6. The van der Waals surface area contributed by atoms with Gasteiger partial charge in [0.1, 0.15) is 5.82 Å². The van der Waals surface area contributed by atoms with Gasteiger partial charge in [0.05, 0.1) is 28.8 Å². The lowest BCUT2D eigenvalue weighted by atomic mass is 9.94. The monoisotopic (exact) mass is 503 g/mol. The summed E-state index contributed by atoms with van der Waals surface area (Å²) in [5.41, 5.74) is -0.0163. The van der Waals surface area contributed by atoms with Gasteiger partial charge in [-0.25, -0.2) is 4.98 Å². The van der Waals surface area contributed by atoms with E-state index in [4.69, 9.17) is 16.6 Å². The SMILES string of the molecule is O=C(C(O)c1cc(Cl)cc(C(F)(F)F)c1)N1CCc2nc(C3(c4ccccc4)CC3)[nH]c(=O)c2C1. The fraction of sp³-hybridized carbons (Fsp3) is 0.320. The molecule has 1 aliphatic heterocycles. The Morgan fingerprint density at radius 3 is 2.54 bits per heavy atom. The number of nitrogens with one attached hydrogen (secondary N) is 1. The van der Waals surface area contributed by atoms with Gasteiger partial charge in [0.2, 0.25) is 0 Å². The first-order valence-corrected chi connectivity index (χ1v) is 11.5. The number of halogens is 4. The van der Waals surface area contributed by atoms with Gasteiger partial charge < -0.3 is 15.0 Å². The van der Waals surface area contributed by atoms with Crippen molar-refractivity contribution in [2.24, 2.45) is 0 Å². The maximum Gasteiger partial charge on any atom is 0.416 e. The summed E-state index contributed by atoms with van der Waals surface area (Å²) in [6.07, 6.45) is -4.50. The number of nitrogens with zero attached hydrogens (tertiary/aromatic N) is 2. The van der Waals surface area contributed by atoms with Crippen molar-refractivity contribution in [2.45, 2.75) is 43.5 Å². The molecule has 6 nitrogen and oxygen atoms in total. The summed E-state index contributed by atoms with van der Waals surface area (Å²) < 4.78 is 39.4. The van der Waals surface area contributed by atoms with Crippen LogP contribution < -0.4 is 5.56 Å². The molecule has 0 saturated heterocycles. The van der Waals surface area contributed by atoms with Crippen molar-refractivity contribution in [1.82, 2.24) is 14.9 Å². The molecule has 182 valence electrons. The van der Waals surface area contributed by atoms with Gasteiger partial charge in [0.15, 0.2) is 6.10 Å². The number of amides is 1. The number of rotatable bonds is 4. The van der Waals surface area contributed by atoms with Gasteiger partial charge in [-0.3, -0.25) is 9.59 Å². The number of hydrogen-bond acceptors (Lipinski definition) is 4. The van der Waals surface area contributed by atoms with Gasteiger partial charge >= 0.3 is 6.18 Å². The second-order valence-electron chi connectivity index (χ2n) is 8.97. The summed E-state index contributed by atoms with van der Waals surface area (Å²) in [4.78, 5) is 34.8. The molecule has 5 rings (SSSR count). The van der Waals surface area contributed by atoms with Crippen LogP contribution in [0.5, 0.6) is 0 Å². The molecule has 1 aliphatic carbocycles. The molecule has 2 aromatic carbocycles. The van der Waals surface area contributed by atoms with Gasteiger partial charge in [-0.15, -0.1) is 0 Å². The number of carbonyl (C=O) groups is 1. The van der Waals surface area contributed by atoms with E-state index in [0.717, 1.165) is 30.5 Å². The third-order valence-electron chi connectivity index (χ3n) is 6.71. The summed E-state index contributed by atoms with van der Waals surface area (Å²) in [6, 6.07) is 12.4. The third-order valence-corrected chi connectivity index (χ3v) is 6.93. The second kappa shape index (κ2) is 8.49. The molecule has 1 aromatic heterocycles. The van der Waals surface area contributed by atoms with Crippen molar-refractivity contribution in [2.75, 3.05) is 6.54 Å². The number of benzene rings is 2. The number of fused-ring (bicyclic) bond motifs is 1. The summed E-state index contributed by atoms with van der Waals surface area (Å²) in [6.45, 7) is 0.0721. The van der Waals surface area contributed by atoms with Gasteiger partial charge in [-0.2, -0.15) is 13.2 Å². The highest BCUT2D eigenvalue weighted by molar-refractivity contribution is 6.30. The van der Waals surface area contributed by atoms with Crippen LogP contribution in [-0.4, -0.2) is 32.4 Å². The van der Waals surface area contributed by atoms with Crippen LogP contribution in [0.3, 0.4) is 0 Å². The maximum absolute atomic E-state index is 13.1. The molecule has 0 radical (unpaired) electrons. The van der Waals surface area contributed by atoms with E-state index in [2.05, 4.69) is 4.98 Å². The summed E-state index contributed by atoms with van der Waals surface area (Å²) in [7, 11) is 0. The summed E-state index contributed by atoms with van der Waals surface area (Å²) in [5.74, 6) is -0.205. The minimum atomic E-state index is -4.68.